The Morgan fingerprint density at radius 3 is 2.47 bits per heavy atom. The molecule has 0 bridgehead atoms. The average molecular weight is 212 g/mol. The number of piperidine rings is 2. The average Bonchev–Trinajstić information content (AvgIpc) is 2.31. The van der Waals surface area contributed by atoms with E-state index in [4.69, 9.17) is 0 Å². The summed E-state index contributed by atoms with van der Waals surface area (Å²) < 4.78 is 0. The number of carbonyl (C=O) groups is 1. The van der Waals surface area contributed by atoms with Gasteiger partial charge < -0.3 is 15.7 Å². The molecule has 0 radical (unpaired) electrons. The lowest BCUT2D eigenvalue weighted by Gasteiger charge is -2.42. The highest BCUT2D eigenvalue weighted by Gasteiger charge is 2.46. The summed E-state index contributed by atoms with van der Waals surface area (Å²) in [6.07, 6.45) is 4.93. The van der Waals surface area contributed by atoms with E-state index in [2.05, 4.69) is 10.6 Å². The lowest BCUT2D eigenvalue weighted by Crippen LogP contribution is -2.61. The Labute approximate surface area is 90.4 Å². The van der Waals surface area contributed by atoms with Crippen molar-refractivity contribution in [1.29, 1.82) is 0 Å². The SMILES string of the molecule is O=C(O)C1(C2CCNCC2)CCCCN1. The van der Waals surface area contributed by atoms with Crippen molar-refractivity contribution in [3.05, 3.63) is 0 Å². The van der Waals surface area contributed by atoms with Gasteiger partial charge in [-0.3, -0.25) is 4.79 Å². The van der Waals surface area contributed by atoms with E-state index >= 15 is 0 Å². The summed E-state index contributed by atoms with van der Waals surface area (Å²) in [4.78, 5) is 11.5. The number of carboxylic acid groups (broad SMARTS) is 1. The third kappa shape index (κ3) is 2.01. The van der Waals surface area contributed by atoms with Crippen molar-refractivity contribution in [3.8, 4) is 0 Å². The minimum absolute atomic E-state index is 0.302. The Hall–Kier alpha value is -0.610. The zero-order valence-corrected chi connectivity index (χ0v) is 9.09. The van der Waals surface area contributed by atoms with Gasteiger partial charge in [0.15, 0.2) is 0 Å². The summed E-state index contributed by atoms with van der Waals surface area (Å²) in [7, 11) is 0. The van der Waals surface area contributed by atoms with Gasteiger partial charge in [-0.2, -0.15) is 0 Å². The van der Waals surface area contributed by atoms with Gasteiger partial charge in [0.1, 0.15) is 5.54 Å². The lowest BCUT2D eigenvalue weighted by atomic mass is 9.73. The maximum absolute atomic E-state index is 11.5. The van der Waals surface area contributed by atoms with Crippen molar-refractivity contribution in [2.45, 2.75) is 37.6 Å². The van der Waals surface area contributed by atoms with E-state index in [1.54, 1.807) is 0 Å². The van der Waals surface area contributed by atoms with Crippen LogP contribution in [-0.2, 0) is 4.79 Å². The molecule has 2 saturated heterocycles. The molecule has 0 aromatic carbocycles. The number of nitrogens with one attached hydrogen (secondary N) is 2. The Kier molecular flexibility index (Phi) is 3.26. The van der Waals surface area contributed by atoms with Crippen LogP contribution in [0.1, 0.15) is 32.1 Å². The van der Waals surface area contributed by atoms with Crippen molar-refractivity contribution >= 4 is 5.97 Å². The molecule has 0 saturated carbocycles. The maximum atomic E-state index is 11.5. The standard InChI is InChI=1S/C11H20N2O2/c14-10(15)11(5-1-2-6-13-11)9-3-7-12-8-4-9/h9,12-13H,1-8H2,(H,14,15). The van der Waals surface area contributed by atoms with Crippen molar-refractivity contribution in [3.63, 3.8) is 0 Å². The van der Waals surface area contributed by atoms with Crippen LogP contribution in [0.5, 0.6) is 0 Å². The molecule has 1 unspecified atom stereocenters. The monoisotopic (exact) mass is 212 g/mol. The van der Waals surface area contributed by atoms with Crippen LogP contribution in [0.4, 0.5) is 0 Å². The van der Waals surface area contributed by atoms with Crippen LogP contribution in [0.3, 0.4) is 0 Å². The molecule has 15 heavy (non-hydrogen) atoms. The molecule has 2 aliphatic rings. The summed E-state index contributed by atoms with van der Waals surface area (Å²) in [6, 6.07) is 0. The minimum atomic E-state index is -0.644. The third-order valence-electron chi connectivity index (χ3n) is 3.86. The Morgan fingerprint density at radius 2 is 1.93 bits per heavy atom. The molecule has 2 rings (SSSR count). The lowest BCUT2D eigenvalue weighted by molar-refractivity contribution is -0.149. The first kappa shape index (κ1) is 10.9. The summed E-state index contributed by atoms with van der Waals surface area (Å²) in [5.41, 5.74) is -0.625. The molecule has 0 aromatic heterocycles. The van der Waals surface area contributed by atoms with Crippen molar-refractivity contribution in [1.82, 2.24) is 10.6 Å². The highest BCUT2D eigenvalue weighted by Crippen LogP contribution is 2.33. The Bertz CT molecular complexity index is 231. The van der Waals surface area contributed by atoms with Crippen LogP contribution < -0.4 is 10.6 Å². The molecule has 4 heteroatoms. The summed E-state index contributed by atoms with van der Waals surface area (Å²) in [5, 5.41) is 16.0. The Morgan fingerprint density at radius 1 is 1.20 bits per heavy atom. The zero-order chi connectivity index (χ0) is 10.7. The minimum Gasteiger partial charge on any atom is -0.480 e. The van der Waals surface area contributed by atoms with E-state index in [0.29, 0.717) is 5.92 Å². The molecule has 2 heterocycles. The molecule has 3 N–H and O–H groups in total. The second-order valence-corrected chi connectivity index (χ2v) is 4.68. The summed E-state index contributed by atoms with van der Waals surface area (Å²) in [5.74, 6) is -0.342. The second kappa shape index (κ2) is 4.49. The quantitative estimate of drug-likeness (QED) is 0.626. The predicted molar refractivity (Wildman–Crippen MR) is 57.8 cm³/mol. The van der Waals surface area contributed by atoms with Gasteiger partial charge in [-0.05, 0) is 57.7 Å². The molecule has 2 fully saturated rings. The third-order valence-corrected chi connectivity index (χ3v) is 3.86. The van der Waals surface area contributed by atoms with Crippen molar-refractivity contribution < 1.29 is 9.90 Å². The first-order valence-electron chi connectivity index (χ1n) is 5.95. The van der Waals surface area contributed by atoms with Gasteiger partial charge in [-0.1, -0.05) is 0 Å². The summed E-state index contributed by atoms with van der Waals surface area (Å²) >= 11 is 0. The molecule has 0 aromatic rings. The molecule has 0 spiro atoms. The first-order chi connectivity index (χ1) is 7.26. The second-order valence-electron chi connectivity index (χ2n) is 4.68. The molecular formula is C11H20N2O2. The van der Waals surface area contributed by atoms with E-state index in [0.717, 1.165) is 51.7 Å². The van der Waals surface area contributed by atoms with E-state index in [9.17, 15) is 9.90 Å². The van der Waals surface area contributed by atoms with Gasteiger partial charge >= 0.3 is 5.97 Å². The largest absolute Gasteiger partial charge is 0.480 e. The zero-order valence-electron chi connectivity index (χ0n) is 9.09. The van der Waals surface area contributed by atoms with Gasteiger partial charge in [0, 0.05) is 0 Å². The van der Waals surface area contributed by atoms with E-state index < -0.39 is 11.5 Å². The molecule has 0 amide bonds. The topological polar surface area (TPSA) is 61.4 Å². The fraction of sp³-hybridized carbons (Fsp3) is 0.909. The molecule has 1 atom stereocenters. The van der Waals surface area contributed by atoms with Crippen molar-refractivity contribution in [2.75, 3.05) is 19.6 Å². The van der Waals surface area contributed by atoms with Gasteiger partial charge in [0.25, 0.3) is 0 Å². The Balaban J connectivity index is 2.12. The molecule has 86 valence electrons. The van der Waals surface area contributed by atoms with Gasteiger partial charge in [0.05, 0.1) is 0 Å². The van der Waals surface area contributed by atoms with Gasteiger partial charge in [-0.25, -0.2) is 0 Å². The van der Waals surface area contributed by atoms with Crippen LogP contribution >= 0.6 is 0 Å². The number of hydrogen-bond donors (Lipinski definition) is 3. The fourth-order valence-corrected chi connectivity index (χ4v) is 2.95. The van der Waals surface area contributed by atoms with Crippen LogP contribution in [0.25, 0.3) is 0 Å². The van der Waals surface area contributed by atoms with E-state index in [1.165, 1.54) is 0 Å². The smallest absolute Gasteiger partial charge is 0.324 e. The number of carboxylic acids is 1. The van der Waals surface area contributed by atoms with Gasteiger partial charge in [0.2, 0.25) is 0 Å². The predicted octanol–water partition coefficient (Wildman–Crippen LogP) is 0.583. The number of aliphatic carboxylic acids is 1. The normalized spacial score (nSPS) is 33.9. The maximum Gasteiger partial charge on any atom is 0.324 e. The molecule has 2 aliphatic heterocycles. The number of rotatable bonds is 2. The van der Waals surface area contributed by atoms with E-state index in [-0.39, 0.29) is 0 Å². The first-order valence-corrected chi connectivity index (χ1v) is 5.95. The number of hydrogen-bond acceptors (Lipinski definition) is 3. The van der Waals surface area contributed by atoms with Crippen LogP contribution in [-0.4, -0.2) is 36.2 Å². The summed E-state index contributed by atoms with van der Waals surface area (Å²) in [6.45, 7) is 2.78. The van der Waals surface area contributed by atoms with Crippen LogP contribution in [0, 0.1) is 5.92 Å². The molecule has 4 nitrogen and oxygen atoms in total. The van der Waals surface area contributed by atoms with Crippen LogP contribution in [0.15, 0.2) is 0 Å². The molecule has 0 aliphatic carbocycles. The van der Waals surface area contributed by atoms with Crippen molar-refractivity contribution in [2.24, 2.45) is 5.92 Å². The van der Waals surface area contributed by atoms with Gasteiger partial charge in [-0.15, -0.1) is 0 Å². The highest BCUT2D eigenvalue weighted by molar-refractivity contribution is 5.79. The fourth-order valence-electron chi connectivity index (χ4n) is 2.95. The highest BCUT2D eigenvalue weighted by atomic mass is 16.4. The molecular weight excluding hydrogens is 192 g/mol. The van der Waals surface area contributed by atoms with Crippen LogP contribution in [0.2, 0.25) is 0 Å². The van der Waals surface area contributed by atoms with E-state index in [1.807, 2.05) is 0 Å².